The van der Waals surface area contributed by atoms with E-state index in [0.29, 0.717) is 6.54 Å². The molecule has 0 saturated carbocycles. The maximum absolute atomic E-state index is 12.0. The molecule has 0 aliphatic rings. The largest absolute Gasteiger partial charge is 0.392 e. The highest BCUT2D eigenvalue weighted by atomic mass is 32.1. The van der Waals surface area contributed by atoms with Gasteiger partial charge in [-0.25, -0.2) is 0 Å². The maximum atomic E-state index is 12.0. The predicted octanol–water partition coefficient (Wildman–Crippen LogP) is 1.80. The van der Waals surface area contributed by atoms with E-state index in [1.54, 1.807) is 25.8 Å². The van der Waals surface area contributed by atoms with Crippen molar-refractivity contribution in [1.82, 2.24) is 4.90 Å². The van der Waals surface area contributed by atoms with Crippen molar-refractivity contribution in [3.63, 3.8) is 0 Å². The number of hydrogen-bond acceptors (Lipinski definition) is 2. The van der Waals surface area contributed by atoms with Gasteiger partial charge in [-0.3, -0.25) is 4.79 Å². The lowest BCUT2D eigenvalue weighted by molar-refractivity contribution is -0.136. The molecule has 0 heterocycles. The normalized spacial score (nSPS) is 12.4. The Balaban J connectivity index is 4.66. The van der Waals surface area contributed by atoms with Gasteiger partial charge in [-0.15, -0.1) is 0 Å². The molecular weight excluding hydrogens is 208 g/mol. The van der Waals surface area contributed by atoms with Crippen LogP contribution in [0.4, 0.5) is 0 Å². The molecule has 0 saturated heterocycles. The Morgan fingerprint density at radius 1 is 1.27 bits per heavy atom. The number of nitrogens with two attached hydrogens (primary N) is 1. The minimum absolute atomic E-state index is 0.0232. The Morgan fingerprint density at radius 3 is 1.93 bits per heavy atom. The molecule has 0 aliphatic carbocycles. The summed E-state index contributed by atoms with van der Waals surface area (Å²) in [5, 5.41) is 0. The van der Waals surface area contributed by atoms with E-state index < -0.39 is 5.41 Å². The van der Waals surface area contributed by atoms with Gasteiger partial charge in [-0.05, 0) is 19.3 Å². The van der Waals surface area contributed by atoms with E-state index >= 15 is 0 Å². The fourth-order valence-electron chi connectivity index (χ4n) is 1.37. The van der Waals surface area contributed by atoms with Crippen molar-refractivity contribution in [2.75, 3.05) is 13.6 Å². The summed E-state index contributed by atoms with van der Waals surface area (Å²) in [6.45, 7) is 10.5. The molecule has 15 heavy (non-hydrogen) atoms. The first-order valence-electron chi connectivity index (χ1n) is 5.04. The average molecular weight is 230 g/mol. The lowest BCUT2D eigenvalue weighted by Gasteiger charge is -2.32. The van der Waals surface area contributed by atoms with Gasteiger partial charge in [0.15, 0.2) is 0 Å². The first-order valence-corrected chi connectivity index (χ1v) is 5.45. The number of amides is 1. The second-order valence-corrected chi connectivity index (χ2v) is 6.15. The summed E-state index contributed by atoms with van der Waals surface area (Å²) in [6.07, 6.45) is 0. The zero-order valence-corrected chi connectivity index (χ0v) is 11.4. The van der Waals surface area contributed by atoms with Crippen LogP contribution in [-0.2, 0) is 4.79 Å². The Hall–Kier alpha value is -0.640. The molecule has 0 radical (unpaired) electrons. The molecule has 0 unspecified atom stereocenters. The maximum Gasteiger partial charge on any atom is 0.234 e. The van der Waals surface area contributed by atoms with Gasteiger partial charge >= 0.3 is 0 Å². The number of hydrogen-bond donors (Lipinski definition) is 1. The Bertz CT molecular complexity index is 266. The summed E-state index contributed by atoms with van der Waals surface area (Å²) in [6, 6.07) is 0. The molecule has 0 rings (SSSR count). The van der Waals surface area contributed by atoms with E-state index in [4.69, 9.17) is 18.0 Å². The van der Waals surface area contributed by atoms with Crippen molar-refractivity contribution in [1.29, 1.82) is 0 Å². The molecule has 88 valence electrons. The van der Waals surface area contributed by atoms with E-state index in [2.05, 4.69) is 20.8 Å². The third-order valence-electron chi connectivity index (χ3n) is 2.21. The van der Waals surface area contributed by atoms with Crippen LogP contribution in [0, 0.1) is 10.8 Å². The Labute approximate surface area is 98.0 Å². The molecule has 0 atom stereocenters. The van der Waals surface area contributed by atoms with Gasteiger partial charge in [0.05, 0.1) is 10.4 Å². The van der Waals surface area contributed by atoms with Gasteiger partial charge in [0.2, 0.25) is 5.91 Å². The van der Waals surface area contributed by atoms with Crippen molar-refractivity contribution in [3.05, 3.63) is 0 Å². The SMILES string of the molecule is CN(CC(C)(C)C)C(=O)C(C)(C)C(N)=S. The fraction of sp³-hybridized carbons (Fsp3) is 0.818. The fourth-order valence-corrected chi connectivity index (χ4v) is 1.45. The quantitative estimate of drug-likeness (QED) is 0.752. The van der Waals surface area contributed by atoms with Crippen molar-refractivity contribution < 1.29 is 4.79 Å². The lowest BCUT2D eigenvalue weighted by Crippen LogP contribution is -2.47. The molecule has 4 heteroatoms. The third kappa shape index (κ3) is 4.16. The van der Waals surface area contributed by atoms with Gasteiger partial charge in [0, 0.05) is 13.6 Å². The van der Waals surface area contributed by atoms with Crippen LogP contribution in [0.25, 0.3) is 0 Å². The zero-order valence-electron chi connectivity index (χ0n) is 10.5. The van der Waals surface area contributed by atoms with E-state index in [9.17, 15) is 4.79 Å². The van der Waals surface area contributed by atoms with E-state index in [-0.39, 0.29) is 16.3 Å². The predicted molar refractivity (Wildman–Crippen MR) is 67.7 cm³/mol. The highest BCUT2D eigenvalue weighted by Crippen LogP contribution is 2.22. The lowest BCUT2D eigenvalue weighted by atomic mass is 9.90. The van der Waals surface area contributed by atoms with Crippen LogP contribution in [0.2, 0.25) is 0 Å². The monoisotopic (exact) mass is 230 g/mol. The number of rotatable bonds is 3. The van der Waals surface area contributed by atoms with Gasteiger partial charge in [-0.1, -0.05) is 33.0 Å². The molecule has 0 bridgehead atoms. The van der Waals surface area contributed by atoms with Crippen LogP contribution < -0.4 is 5.73 Å². The molecule has 0 spiro atoms. The molecule has 0 aromatic heterocycles. The van der Waals surface area contributed by atoms with Crippen LogP contribution in [0.3, 0.4) is 0 Å². The summed E-state index contributed by atoms with van der Waals surface area (Å²) in [7, 11) is 1.79. The molecule has 0 aliphatic heterocycles. The van der Waals surface area contributed by atoms with Crippen LogP contribution in [0.15, 0.2) is 0 Å². The van der Waals surface area contributed by atoms with Crippen molar-refractivity contribution in [2.45, 2.75) is 34.6 Å². The second-order valence-electron chi connectivity index (χ2n) is 5.71. The van der Waals surface area contributed by atoms with E-state index in [0.717, 1.165) is 0 Å². The zero-order chi connectivity index (χ0) is 12.4. The highest BCUT2D eigenvalue weighted by molar-refractivity contribution is 7.80. The number of nitrogens with zero attached hydrogens (tertiary/aromatic N) is 1. The number of carbonyl (C=O) groups excluding carboxylic acids is 1. The smallest absolute Gasteiger partial charge is 0.234 e. The standard InChI is InChI=1S/C11H22N2OS/c1-10(2,3)7-13(6)9(14)11(4,5)8(12)15/h7H2,1-6H3,(H2,12,15). The van der Waals surface area contributed by atoms with Crippen LogP contribution in [0.1, 0.15) is 34.6 Å². The minimum Gasteiger partial charge on any atom is -0.392 e. The third-order valence-corrected chi connectivity index (χ3v) is 2.72. The summed E-state index contributed by atoms with van der Waals surface area (Å²) < 4.78 is 0. The molecule has 3 nitrogen and oxygen atoms in total. The van der Waals surface area contributed by atoms with E-state index in [1.165, 1.54) is 0 Å². The molecular formula is C11H22N2OS. The van der Waals surface area contributed by atoms with Crippen molar-refractivity contribution in [2.24, 2.45) is 16.6 Å². The topological polar surface area (TPSA) is 46.3 Å². The highest BCUT2D eigenvalue weighted by Gasteiger charge is 2.34. The van der Waals surface area contributed by atoms with Crippen LogP contribution >= 0.6 is 12.2 Å². The van der Waals surface area contributed by atoms with Gasteiger partial charge in [0.1, 0.15) is 0 Å². The summed E-state index contributed by atoms with van der Waals surface area (Å²) >= 11 is 4.90. The van der Waals surface area contributed by atoms with Gasteiger partial charge in [0.25, 0.3) is 0 Å². The first-order chi connectivity index (χ1) is 6.48. The average Bonchev–Trinajstić information content (AvgIpc) is 1.99. The molecule has 0 aromatic rings. The molecule has 0 aromatic carbocycles. The van der Waals surface area contributed by atoms with Crippen LogP contribution in [0.5, 0.6) is 0 Å². The Morgan fingerprint density at radius 2 is 1.67 bits per heavy atom. The molecule has 1 amide bonds. The number of carbonyl (C=O) groups is 1. The minimum atomic E-state index is -0.755. The molecule has 2 N–H and O–H groups in total. The van der Waals surface area contributed by atoms with Crippen molar-refractivity contribution in [3.8, 4) is 0 Å². The van der Waals surface area contributed by atoms with Crippen LogP contribution in [-0.4, -0.2) is 29.4 Å². The summed E-state index contributed by atoms with van der Waals surface area (Å²) in [5.74, 6) is -0.0232. The molecule has 0 fully saturated rings. The van der Waals surface area contributed by atoms with Crippen molar-refractivity contribution >= 4 is 23.1 Å². The number of thiocarbonyl (C=S) groups is 1. The summed E-state index contributed by atoms with van der Waals surface area (Å²) in [4.78, 5) is 14.0. The summed E-state index contributed by atoms with van der Waals surface area (Å²) in [5.41, 5.74) is 4.88. The first kappa shape index (κ1) is 14.4. The second kappa shape index (κ2) is 4.47. The van der Waals surface area contributed by atoms with E-state index in [1.807, 2.05) is 0 Å². The van der Waals surface area contributed by atoms with Gasteiger partial charge in [-0.2, -0.15) is 0 Å². The van der Waals surface area contributed by atoms with Gasteiger partial charge < -0.3 is 10.6 Å². The Kier molecular flexibility index (Phi) is 4.28.